The summed E-state index contributed by atoms with van der Waals surface area (Å²) >= 11 is 6.39. The normalized spacial score (nSPS) is 13.7. The number of carbonyl (C=O) groups is 1. The molecule has 0 saturated carbocycles. The van der Waals surface area contributed by atoms with Crippen molar-refractivity contribution in [3.63, 3.8) is 0 Å². The third-order valence-electron chi connectivity index (χ3n) is 6.10. The van der Waals surface area contributed by atoms with Crippen LogP contribution in [0.1, 0.15) is 24.8 Å². The molecule has 1 fully saturated rings. The lowest BCUT2D eigenvalue weighted by molar-refractivity contribution is -0.114. The smallest absolute Gasteiger partial charge is 0.229 e. The Kier molecular flexibility index (Phi) is 6.37. The molecule has 0 bridgehead atoms. The van der Waals surface area contributed by atoms with Crippen molar-refractivity contribution in [3.8, 4) is 17.0 Å². The van der Waals surface area contributed by atoms with E-state index in [2.05, 4.69) is 32.0 Å². The lowest BCUT2D eigenvalue weighted by Gasteiger charge is -2.29. The fourth-order valence-electron chi connectivity index (χ4n) is 4.37. The van der Waals surface area contributed by atoms with Crippen molar-refractivity contribution >= 4 is 45.7 Å². The largest absolute Gasteiger partial charge is 0.506 e. The number of halogens is 1. The maximum absolute atomic E-state index is 11.9. The molecule has 5 rings (SSSR count). The Bertz CT molecular complexity index is 1410. The van der Waals surface area contributed by atoms with Crippen LogP contribution in [-0.2, 0) is 11.2 Å². The number of H-pyrrole nitrogens is 1. The van der Waals surface area contributed by atoms with Crippen LogP contribution in [0.25, 0.3) is 22.3 Å². The molecule has 3 heterocycles. The molecule has 8 nitrogen and oxygen atoms in total. The number of nitrogens with one attached hydrogen (secondary N) is 2. The number of phenols is 1. The summed E-state index contributed by atoms with van der Waals surface area (Å²) in [5.41, 5.74) is 4.19. The van der Waals surface area contributed by atoms with Crippen LogP contribution in [0.15, 0.2) is 55.1 Å². The first-order valence-electron chi connectivity index (χ1n) is 11.5. The summed E-state index contributed by atoms with van der Waals surface area (Å²) in [6.07, 6.45) is 5.00. The first-order chi connectivity index (χ1) is 17.0. The van der Waals surface area contributed by atoms with Crippen molar-refractivity contribution in [2.45, 2.75) is 25.7 Å². The molecule has 0 spiro atoms. The zero-order chi connectivity index (χ0) is 24.4. The van der Waals surface area contributed by atoms with Crippen LogP contribution in [0.5, 0.6) is 5.75 Å². The zero-order valence-electron chi connectivity index (χ0n) is 19.1. The number of rotatable bonds is 7. The van der Waals surface area contributed by atoms with Crippen LogP contribution in [0.2, 0.25) is 5.15 Å². The van der Waals surface area contributed by atoms with Crippen LogP contribution < -0.4 is 10.2 Å². The highest BCUT2D eigenvalue weighted by Crippen LogP contribution is 2.35. The Balaban J connectivity index is 1.52. The molecule has 3 N–H and O–H groups in total. The zero-order valence-corrected chi connectivity index (χ0v) is 19.8. The van der Waals surface area contributed by atoms with Gasteiger partial charge in [0, 0.05) is 30.8 Å². The highest BCUT2D eigenvalue weighted by Gasteiger charge is 2.18. The van der Waals surface area contributed by atoms with E-state index in [0.29, 0.717) is 27.8 Å². The average molecular weight is 489 g/mol. The van der Waals surface area contributed by atoms with Crippen LogP contribution in [0.3, 0.4) is 0 Å². The summed E-state index contributed by atoms with van der Waals surface area (Å²) in [7, 11) is 0. The average Bonchev–Trinajstić information content (AvgIpc) is 3.25. The molecule has 1 aliphatic heterocycles. The van der Waals surface area contributed by atoms with E-state index in [1.54, 1.807) is 12.1 Å². The lowest BCUT2D eigenvalue weighted by atomic mass is 10.0. The molecule has 1 saturated heterocycles. The van der Waals surface area contributed by atoms with Gasteiger partial charge in [0.2, 0.25) is 5.95 Å². The standard InChI is InChI=1S/C26H25ClN6O2/c1-2-19(34)14-16-7-6-8-17(13-16)23-22-24(27)31-32-25(22)30-26(29-23)28-18-9-10-21(35)20(15-18)33-11-4-3-5-12-33/h2,6-10,13,15,35H,1,3-5,11-12,14H2,(H2,28,29,30,31,32). The molecule has 0 amide bonds. The Morgan fingerprint density at radius 3 is 2.80 bits per heavy atom. The quantitative estimate of drug-likeness (QED) is 0.236. The van der Waals surface area contributed by atoms with Crippen molar-refractivity contribution in [3.05, 3.63) is 65.8 Å². The number of ketones is 1. The summed E-state index contributed by atoms with van der Waals surface area (Å²) in [6.45, 7) is 5.38. The van der Waals surface area contributed by atoms with Crippen molar-refractivity contribution in [1.82, 2.24) is 20.2 Å². The summed E-state index contributed by atoms with van der Waals surface area (Å²) in [5, 5.41) is 21.6. The number of nitrogens with zero attached hydrogens (tertiary/aromatic N) is 4. The lowest BCUT2D eigenvalue weighted by Crippen LogP contribution is -2.29. The van der Waals surface area contributed by atoms with Crippen LogP contribution in [0, 0.1) is 0 Å². The fraction of sp³-hybridized carbons (Fsp3) is 0.231. The maximum atomic E-state index is 11.9. The number of carbonyl (C=O) groups excluding carboxylic acids is 1. The number of hydrogen-bond acceptors (Lipinski definition) is 7. The highest BCUT2D eigenvalue weighted by molar-refractivity contribution is 6.35. The van der Waals surface area contributed by atoms with Crippen molar-refractivity contribution in [1.29, 1.82) is 0 Å². The summed E-state index contributed by atoms with van der Waals surface area (Å²) < 4.78 is 0. The van der Waals surface area contributed by atoms with Gasteiger partial charge in [0.15, 0.2) is 11.4 Å². The molecular formula is C26H25ClN6O2. The van der Waals surface area contributed by atoms with Crippen molar-refractivity contribution in [2.24, 2.45) is 0 Å². The van der Waals surface area contributed by atoms with Crippen LogP contribution in [0.4, 0.5) is 17.3 Å². The minimum atomic E-state index is -0.0597. The molecule has 35 heavy (non-hydrogen) atoms. The van der Waals surface area contributed by atoms with Crippen LogP contribution >= 0.6 is 11.6 Å². The number of anilines is 3. The van der Waals surface area contributed by atoms with Gasteiger partial charge in [0.05, 0.1) is 16.8 Å². The Morgan fingerprint density at radius 2 is 2.00 bits per heavy atom. The number of phenolic OH excluding ortho intramolecular Hbond substituents is 1. The predicted octanol–water partition coefficient (Wildman–Crippen LogP) is 5.41. The predicted molar refractivity (Wildman–Crippen MR) is 138 cm³/mol. The van der Waals surface area contributed by atoms with E-state index >= 15 is 0 Å². The molecule has 178 valence electrons. The van der Waals surface area contributed by atoms with E-state index in [9.17, 15) is 9.90 Å². The Morgan fingerprint density at radius 1 is 1.17 bits per heavy atom. The second-order valence-corrected chi connectivity index (χ2v) is 8.93. The Labute approximate surface area is 207 Å². The van der Waals surface area contributed by atoms with E-state index in [1.807, 2.05) is 30.3 Å². The molecule has 0 aliphatic carbocycles. The molecule has 4 aromatic rings. The number of allylic oxidation sites excluding steroid dienone is 1. The van der Waals surface area contributed by atoms with E-state index in [4.69, 9.17) is 16.6 Å². The number of piperidine rings is 1. The number of aromatic hydroxyl groups is 1. The number of aromatic nitrogens is 4. The van der Waals surface area contributed by atoms with Gasteiger partial charge in [-0.15, -0.1) is 0 Å². The molecule has 0 unspecified atom stereocenters. The van der Waals surface area contributed by atoms with Gasteiger partial charge < -0.3 is 15.3 Å². The third kappa shape index (κ3) is 4.83. The van der Waals surface area contributed by atoms with Crippen LogP contribution in [-0.4, -0.2) is 44.1 Å². The number of aromatic amines is 1. The van der Waals surface area contributed by atoms with Gasteiger partial charge in [0.1, 0.15) is 10.9 Å². The first-order valence-corrected chi connectivity index (χ1v) is 11.9. The SMILES string of the molecule is C=CC(=O)Cc1cccc(-c2nc(Nc3ccc(O)c(N4CCCCC4)c3)nc3n[nH]c(Cl)c23)c1. The van der Waals surface area contributed by atoms with E-state index in [0.717, 1.165) is 48.4 Å². The monoisotopic (exact) mass is 488 g/mol. The molecule has 1 aliphatic rings. The van der Waals surface area contributed by atoms with E-state index < -0.39 is 0 Å². The third-order valence-corrected chi connectivity index (χ3v) is 6.38. The minimum absolute atomic E-state index is 0.0597. The number of hydrogen-bond donors (Lipinski definition) is 3. The van der Waals surface area contributed by atoms with Gasteiger partial charge in [-0.05, 0) is 55.2 Å². The molecule has 0 radical (unpaired) electrons. The van der Waals surface area contributed by atoms with E-state index in [1.165, 1.54) is 12.5 Å². The molecule has 9 heteroatoms. The molecule has 2 aromatic heterocycles. The van der Waals surface area contributed by atoms with Crippen molar-refractivity contribution in [2.75, 3.05) is 23.3 Å². The van der Waals surface area contributed by atoms with Gasteiger partial charge in [-0.25, -0.2) is 4.98 Å². The summed E-state index contributed by atoms with van der Waals surface area (Å²) in [6, 6.07) is 13.0. The second kappa shape index (κ2) is 9.76. The number of fused-ring (bicyclic) bond motifs is 1. The van der Waals surface area contributed by atoms with E-state index in [-0.39, 0.29) is 18.0 Å². The second-order valence-electron chi connectivity index (χ2n) is 8.56. The summed E-state index contributed by atoms with van der Waals surface area (Å²) in [5.74, 6) is 0.536. The van der Waals surface area contributed by atoms with Gasteiger partial charge in [-0.2, -0.15) is 10.1 Å². The van der Waals surface area contributed by atoms with Gasteiger partial charge >= 0.3 is 0 Å². The van der Waals surface area contributed by atoms with Gasteiger partial charge in [-0.3, -0.25) is 9.89 Å². The van der Waals surface area contributed by atoms with Gasteiger partial charge in [0.25, 0.3) is 0 Å². The topological polar surface area (TPSA) is 107 Å². The number of benzene rings is 2. The molecular weight excluding hydrogens is 464 g/mol. The summed E-state index contributed by atoms with van der Waals surface area (Å²) in [4.78, 5) is 23.4. The Hall–Kier alpha value is -3.91. The van der Waals surface area contributed by atoms with Gasteiger partial charge in [-0.1, -0.05) is 36.4 Å². The maximum Gasteiger partial charge on any atom is 0.229 e. The highest BCUT2D eigenvalue weighted by atomic mass is 35.5. The molecule has 0 atom stereocenters. The van der Waals surface area contributed by atoms with Crippen molar-refractivity contribution < 1.29 is 9.90 Å². The fourth-order valence-corrected chi connectivity index (χ4v) is 4.59. The first kappa shape index (κ1) is 22.9. The molecule has 2 aromatic carbocycles. The minimum Gasteiger partial charge on any atom is -0.506 e.